The fraction of sp³-hybridized carbons (Fsp3) is 0.538. The molecular weight excluding hydrogens is 222 g/mol. The van der Waals surface area contributed by atoms with Crippen molar-refractivity contribution in [3.05, 3.63) is 29.3 Å². The molecule has 0 aliphatic rings. The minimum Gasteiger partial charge on any atom is -0.492 e. The molecule has 2 nitrogen and oxygen atoms in total. The lowest BCUT2D eigenvalue weighted by atomic mass is 10.2. The molecule has 0 spiro atoms. The molecule has 1 N–H and O–H groups in total. The predicted molar refractivity (Wildman–Crippen MR) is 69.3 cm³/mol. The van der Waals surface area contributed by atoms with E-state index in [1.54, 1.807) is 0 Å². The number of unbranched alkanes of at least 4 members (excludes halogenated alkanes) is 3. The van der Waals surface area contributed by atoms with E-state index in [1.165, 1.54) is 19.3 Å². The van der Waals surface area contributed by atoms with E-state index in [4.69, 9.17) is 16.3 Å². The van der Waals surface area contributed by atoms with Crippen LogP contribution in [0.15, 0.2) is 24.3 Å². The lowest BCUT2D eigenvalue weighted by molar-refractivity contribution is 0.305. The van der Waals surface area contributed by atoms with Gasteiger partial charge in [-0.15, -0.1) is 0 Å². The summed E-state index contributed by atoms with van der Waals surface area (Å²) in [5, 5.41) is 3.84. The molecule has 90 valence electrons. The van der Waals surface area contributed by atoms with Crippen LogP contribution in [0, 0.1) is 0 Å². The first kappa shape index (κ1) is 13.3. The highest BCUT2D eigenvalue weighted by atomic mass is 35.5. The van der Waals surface area contributed by atoms with Crippen LogP contribution in [-0.2, 0) is 0 Å². The largest absolute Gasteiger partial charge is 0.492 e. The average molecular weight is 242 g/mol. The number of rotatable bonds is 8. The fourth-order valence-corrected chi connectivity index (χ4v) is 1.69. The van der Waals surface area contributed by atoms with Crippen molar-refractivity contribution in [1.82, 2.24) is 5.32 Å². The molecule has 1 aromatic rings. The first-order valence-corrected chi connectivity index (χ1v) is 6.24. The van der Waals surface area contributed by atoms with Crippen molar-refractivity contribution < 1.29 is 4.74 Å². The topological polar surface area (TPSA) is 21.3 Å². The van der Waals surface area contributed by atoms with Crippen LogP contribution >= 0.6 is 11.6 Å². The number of para-hydroxylation sites is 1. The van der Waals surface area contributed by atoms with E-state index < -0.39 is 0 Å². The van der Waals surface area contributed by atoms with Gasteiger partial charge < -0.3 is 10.1 Å². The van der Waals surface area contributed by atoms with Crippen molar-refractivity contribution in [1.29, 1.82) is 0 Å². The number of ether oxygens (including phenoxy) is 1. The predicted octanol–water partition coefficient (Wildman–Crippen LogP) is 3.50. The van der Waals surface area contributed by atoms with Gasteiger partial charge in [0, 0.05) is 0 Å². The van der Waals surface area contributed by atoms with Crippen molar-refractivity contribution in [2.24, 2.45) is 0 Å². The third-order valence-electron chi connectivity index (χ3n) is 2.42. The van der Waals surface area contributed by atoms with Gasteiger partial charge in [0.05, 0.1) is 11.6 Å². The van der Waals surface area contributed by atoms with Crippen molar-refractivity contribution in [2.45, 2.75) is 25.7 Å². The maximum atomic E-state index is 5.97. The summed E-state index contributed by atoms with van der Waals surface area (Å²) in [5.41, 5.74) is 0. The Morgan fingerprint density at radius 1 is 1.12 bits per heavy atom. The maximum Gasteiger partial charge on any atom is 0.137 e. The van der Waals surface area contributed by atoms with E-state index in [0.29, 0.717) is 5.02 Å². The molecule has 0 saturated heterocycles. The molecule has 1 rings (SSSR count). The molecule has 0 radical (unpaired) electrons. The molecule has 0 unspecified atom stereocenters. The van der Waals surface area contributed by atoms with Gasteiger partial charge in [-0.3, -0.25) is 0 Å². The Balaban J connectivity index is 2.05. The van der Waals surface area contributed by atoms with Crippen LogP contribution in [0.3, 0.4) is 0 Å². The second-order valence-electron chi connectivity index (χ2n) is 3.80. The highest BCUT2D eigenvalue weighted by Crippen LogP contribution is 2.23. The lowest BCUT2D eigenvalue weighted by Crippen LogP contribution is -2.07. The highest BCUT2D eigenvalue weighted by molar-refractivity contribution is 6.32. The Labute approximate surface area is 103 Å². The molecule has 0 amide bonds. The molecule has 16 heavy (non-hydrogen) atoms. The minimum atomic E-state index is 0.692. The third kappa shape index (κ3) is 5.38. The number of benzene rings is 1. The van der Waals surface area contributed by atoms with E-state index in [9.17, 15) is 0 Å². The number of hydrogen-bond acceptors (Lipinski definition) is 2. The van der Waals surface area contributed by atoms with E-state index >= 15 is 0 Å². The van der Waals surface area contributed by atoms with Gasteiger partial charge in [0.25, 0.3) is 0 Å². The first-order chi connectivity index (χ1) is 7.84. The molecule has 0 aliphatic heterocycles. The Hall–Kier alpha value is -0.730. The molecule has 1 aromatic carbocycles. The molecule has 3 heteroatoms. The summed E-state index contributed by atoms with van der Waals surface area (Å²) in [5.74, 6) is 0.791. The van der Waals surface area contributed by atoms with Gasteiger partial charge in [0.15, 0.2) is 0 Å². The van der Waals surface area contributed by atoms with Gasteiger partial charge in [-0.05, 0) is 38.6 Å². The summed E-state index contributed by atoms with van der Waals surface area (Å²) >= 11 is 5.97. The zero-order valence-electron chi connectivity index (χ0n) is 9.84. The van der Waals surface area contributed by atoms with Crippen molar-refractivity contribution in [3.8, 4) is 5.75 Å². The van der Waals surface area contributed by atoms with Gasteiger partial charge >= 0.3 is 0 Å². The summed E-state index contributed by atoms with van der Waals surface area (Å²) < 4.78 is 5.60. The smallest absolute Gasteiger partial charge is 0.137 e. The Bertz CT molecular complexity index is 291. The third-order valence-corrected chi connectivity index (χ3v) is 2.73. The number of hydrogen-bond donors (Lipinski definition) is 1. The fourth-order valence-electron chi connectivity index (χ4n) is 1.50. The maximum absolute atomic E-state index is 5.97. The monoisotopic (exact) mass is 241 g/mol. The second-order valence-corrected chi connectivity index (χ2v) is 4.20. The molecule has 0 atom stereocenters. The Morgan fingerprint density at radius 2 is 1.88 bits per heavy atom. The van der Waals surface area contributed by atoms with Crippen LogP contribution in [0.1, 0.15) is 25.7 Å². The Kier molecular flexibility index (Phi) is 7.02. The summed E-state index contributed by atoms with van der Waals surface area (Å²) in [6, 6.07) is 7.61. The van der Waals surface area contributed by atoms with Crippen LogP contribution in [0.5, 0.6) is 5.75 Å². The standard InChI is InChI=1S/C13H20ClNO/c1-15-10-6-2-3-7-11-16-13-9-5-4-8-12(13)14/h4-5,8-9,15H,2-3,6-7,10-11H2,1H3. The SMILES string of the molecule is CNCCCCCCOc1ccccc1Cl. The van der Waals surface area contributed by atoms with Gasteiger partial charge in [0.2, 0.25) is 0 Å². The molecule has 0 bridgehead atoms. The van der Waals surface area contributed by atoms with Crippen molar-refractivity contribution in [2.75, 3.05) is 20.2 Å². The van der Waals surface area contributed by atoms with Crippen LogP contribution in [0.4, 0.5) is 0 Å². The molecular formula is C13H20ClNO. The van der Waals surface area contributed by atoms with Gasteiger partial charge in [-0.2, -0.15) is 0 Å². The van der Waals surface area contributed by atoms with Crippen molar-refractivity contribution >= 4 is 11.6 Å². The molecule has 0 aromatic heterocycles. The first-order valence-electron chi connectivity index (χ1n) is 5.86. The minimum absolute atomic E-state index is 0.692. The lowest BCUT2D eigenvalue weighted by Gasteiger charge is -2.07. The quantitative estimate of drug-likeness (QED) is 0.704. The summed E-state index contributed by atoms with van der Waals surface area (Å²) in [6.45, 7) is 1.86. The van der Waals surface area contributed by atoms with Gasteiger partial charge in [-0.25, -0.2) is 0 Å². The molecule has 0 fully saturated rings. The summed E-state index contributed by atoms with van der Waals surface area (Å²) in [7, 11) is 1.99. The van der Waals surface area contributed by atoms with Gasteiger partial charge in [-0.1, -0.05) is 36.6 Å². The van der Waals surface area contributed by atoms with E-state index in [0.717, 1.165) is 25.3 Å². The highest BCUT2D eigenvalue weighted by Gasteiger charge is 1.98. The van der Waals surface area contributed by atoms with Gasteiger partial charge in [0.1, 0.15) is 5.75 Å². The van der Waals surface area contributed by atoms with Crippen LogP contribution in [-0.4, -0.2) is 20.2 Å². The second kappa shape index (κ2) is 8.43. The van der Waals surface area contributed by atoms with Crippen molar-refractivity contribution in [3.63, 3.8) is 0 Å². The average Bonchev–Trinajstić information content (AvgIpc) is 2.30. The molecule has 0 saturated carbocycles. The van der Waals surface area contributed by atoms with E-state index in [-0.39, 0.29) is 0 Å². The van der Waals surface area contributed by atoms with Crippen LogP contribution in [0.2, 0.25) is 5.02 Å². The summed E-state index contributed by atoms with van der Waals surface area (Å²) in [4.78, 5) is 0. The number of halogens is 1. The molecule has 0 aliphatic carbocycles. The zero-order chi connectivity index (χ0) is 11.6. The Morgan fingerprint density at radius 3 is 2.62 bits per heavy atom. The summed E-state index contributed by atoms with van der Waals surface area (Å²) in [6.07, 6.45) is 4.80. The van der Waals surface area contributed by atoms with E-state index in [1.807, 2.05) is 31.3 Å². The normalized spacial score (nSPS) is 10.4. The number of nitrogens with one attached hydrogen (secondary N) is 1. The van der Waals surface area contributed by atoms with Crippen LogP contribution in [0.25, 0.3) is 0 Å². The zero-order valence-corrected chi connectivity index (χ0v) is 10.6. The van der Waals surface area contributed by atoms with Crippen LogP contribution < -0.4 is 10.1 Å². The van der Waals surface area contributed by atoms with E-state index in [2.05, 4.69) is 5.32 Å². The molecule has 0 heterocycles.